The number of ether oxygens (including phenoxy) is 1. The summed E-state index contributed by atoms with van der Waals surface area (Å²) in [4.78, 5) is 10.8. The highest BCUT2D eigenvalue weighted by Gasteiger charge is 2.22. The van der Waals surface area contributed by atoms with E-state index in [2.05, 4.69) is 22.6 Å². The van der Waals surface area contributed by atoms with Crippen molar-refractivity contribution in [3.8, 4) is 0 Å². The molecule has 2 atom stereocenters. The fraction of sp³-hybridized carbons (Fsp3) is 0.900. The Hall–Kier alpha value is 0.200. The first-order valence-electron chi connectivity index (χ1n) is 5.01. The number of carbonyl (C=O) groups excluding carboxylic acids is 1. The van der Waals surface area contributed by atoms with E-state index in [1.165, 1.54) is 39.0 Å². The van der Waals surface area contributed by atoms with Gasteiger partial charge in [-0.1, -0.05) is 41.9 Å². The lowest BCUT2D eigenvalue weighted by Crippen LogP contribution is -2.27. The first-order valence-corrected chi connectivity index (χ1v) is 6.26. The van der Waals surface area contributed by atoms with Crippen LogP contribution in [-0.4, -0.2) is 16.0 Å². The molecule has 76 valence electrons. The van der Waals surface area contributed by atoms with Crippen LogP contribution >= 0.6 is 22.6 Å². The van der Waals surface area contributed by atoms with Gasteiger partial charge in [0.05, 0.1) is 0 Å². The third-order valence-corrected chi connectivity index (χ3v) is 3.86. The largest absolute Gasteiger partial charge is 0.461 e. The molecule has 0 saturated heterocycles. The predicted octanol–water partition coefficient (Wildman–Crippen LogP) is 3.08. The molecule has 0 radical (unpaired) electrons. The van der Waals surface area contributed by atoms with Gasteiger partial charge in [-0.2, -0.15) is 0 Å². The first kappa shape index (κ1) is 11.3. The van der Waals surface area contributed by atoms with Gasteiger partial charge in [0.1, 0.15) is 6.10 Å². The smallest absolute Gasteiger partial charge is 0.302 e. The summed E-state index contributed by atoms with van der Waals surface area (Å²) >= 11 is 2.42. The van der Waals surface area contributed by atoms with Crippen LogP contribution in [-0.2, 0) is 9.53 Å². The van der Waals surface area contributed by atoms with Gasteiger partial charge in [0, 0.05) is 10.8 Å². The number of carbonyl (C=O) groups is 1. The number of rotatable bonds is 1. The molecule has 1 rings (SSSR count). The highest BCUT2D eigenvalue weighted by Crippen LogP contribution is 2.25. The molecule has 1 aliphatic carbocycles. The fourth-order valence-corrected chi connectivity index (χ4v) is 2.70. The maximum atomic E-state index is 10.8. The highest BCUT2D eigenvalue weighted by molar-refractivity contribution is 14.1. The third-order valence-electron chi connectivity index (χ3n) is 2.44. The molecule has 0 aromatic rings. The van der Waals surface area contributed by atoms with Crippen LogP contribution in [0.1, 0.15) is 45.4 Å². The normalized spacial score (nSPS) is 30.3. The van der Waals surface area contributed by atoms with Crippen LogP contribution in [0.4, 0.5) is 0 Å². The first-order chi connectivity index (χ1) is 6.20. The maximum Gasteiger partial charge on any atom is 0.302 e. The summed E-state index contributed by atoms with van der Waals surface area (Å²) in [6.07, 6.45) is 7.53. The van der Waals surface area contributed by atoms with Crippen LogP contribution in [0.5, 0.6) is 0 Å². The Morgan fingerprint density at radius 2 is 1.85 bits per heavy atom. The number of hydrogen-bond acceptors (Lipinski definition) is 2. The van der Waals surface area contributed by atoms with Crippen LogP contribution in [0.15, 0.2) is 0 Å². The average molecular weight is 296 g/mol. The van der Waals surface area contributed by atoms with Crippen molar-refractivity contribution in [2.45, 2.75) is 55.5 Å². The molecule has 0 N–H and O–H groups in total. The topological polar surface area (TPSA) is 26.3 Å². The molecular formula is C10H17IO2. The second-order valence-electron chi connectivity index (χ2n) is 3.66. The number of esters is 1. The molecule has 0 aromatic carbocycles. The standard InChI is InChI=1S/C10H17IO2/c1-8(12)13-10-7-5-3-2-4-6-9(10)11/h9-10H,2-7H2,1H3/t9-,10-/m1/s1. The molecule has 2 nitrogen and oxygen atoms in total. The molecule has 0 aromatic heterocycles. The molecular weight excluding hydrogens is 279 g/mol. The average Bonchev–Trinajstić information content (AvgIpc) is 2.04. The molecule has 0 bridgehead atoms. The van der Waals surface area contributed by atoms with E-state index in [0.29, 0.717) is 3.92 Å². The van der Waals surface area contributed by atoms with Gasteiger partial charge in [0.25, 0.3) is 0 Å². The van der Waals surface area contributed by atoms with Crippen molar-refractivity contribution < 1.29 is 9.53 Å². The monoisotopic (exact) mass is 296 g/mol. The van der Waals surface area contributed by atoms with Crippen LogP contribution in [0, 0.1) is 0 Å². The molecule has 0 amide bonds. The van der Waals surface area contributed by atoms with Crippen molar-refractivity contribution in [3.05, 3.63) is 0 Å². The second kappa shape index (κ2) is 5.83. The van der Waals surface area contributed by atoms with E-state index < -0.39 is 0 Å². The molecule has 0 unspecified atom stereocenters. The van der Waals surface area contributed by atoms with Crippen molar-refractivity contribution in [2.24, 2.45) is 0 Å². The second-order valence-corrected chi connectivity index (χ2v) is 5.26. The van der Waals surface area contributed by atoms with Crippen molar-refractivity contribution in [3.63, 3.8) is 0 Å². The van der Waals surface area contributed by atoms with E-state index in [0.717, 1.165) is 6.42 Å². The summed E-state index contributed by atoms with van der Waals surface area (Å²) in [6, 6.07) is 0. The van der Waals surface area contributed by atoms with Gasteiger partial charge in [0.15, 0.2) is 0 Å². The molecule has 3 heteroatoms. The molecule has 1 aliphatic rings. The van der Waals surface area contributed by atoms with Crippen LogP contribution in [0.25, 0.3) is 0 Å². The Balaban J connectivity index is 2.41. The Morgan fingerprint density at radius 1 is 1.23 bits per heavy atom. The van der Waals surface area contributed by atoms with Crippen molar-refractivity contribution in [1.82, 2.24) is 0 Å². The quantitative estimate of drug-likeness (QED) is 0.422. The van der Waals surface area contributed by atoms with E-state index in [9.17, 15) is 4.79 Å². The molecule has 1 saturated carbocycles. The molecule has 0 aliphatic heterocycles. The zero-order chi connectivity index (χ0) is 9.68. The van der Waals surface area contributed by atoms with Gasteiger partial charge in [-0.05, 0) is 19.3 Å². The Kier molecular flexibility index (Phi) is 5.06. The summed E-state index contributed by atoms with van der Waals surface area (Å²) < 4.78 is 5.81. The third kappa shape index (κ3) is 4.29. The predicted molar refractivity (Wildman–Crippen MR) is 61.1 cm³/mol. The summed E-state index contributed by atoms with van der Waals surface area (Å²) in [6.45, 7) is 1.50. The maximum absolute atomic E-state index is 10.8. The van der Waals surface area contributed by atoms with E-state index >= 15 is 0 Å². The minimum Gasteiger partial charge on any atom is -0.461 e. The Labute approximate surface area is 93.6 Å². The number of alkyl halides is 1. The van der Waals surface area contributed by atoms with Crippen molar-refractivity contribution in [1.29, 1.82) is 0 Å². The van der Waals surface area contributed by atoms with Crippen LogP contribution in [0.3, 0.4) is 0 Å². The van der Waals surface area contributed by atoms with Crippen molar-refractivity contribution in [2.75, 3.05) is 0 Å². The lowest BCUT2D eigenvalue weighted by molar-refractivity contribution is -0.146. The summed E-state index contributed by atoms with van der Waals surface area (Å²) in [5.41, 5.74) is 0. The molecule has 0 heterocycles. The van der Waals surface area contributed by atoms with Gasteiger partial charge in [-0.25, -0.2) is 0 Å². The SMILES string of the molecule is CC(=O)O[C@@H]1CCCCCC[C@H]1I. The van der Waals surface area contributed by atoms with Gasteiger partial charge >= 0.3 is 5.97 Å². The molecule has 1 fully saturated rings. The number of hydrogen-bond donors (Lipinski definition) is 0. The van der Waals surface area contributed by atoms with Gasteiger partial charge in [0.2, 0.25) is 0 Å². The lowest BCUT2D eigenvalue weighted by Gasteiger charge is -2.24. The fourth-order valence-electron chi connectivity index (χ4n) is 1.75. The zero-order valence-corrected chi connectivity index (χ0v) is 10.2. The van der Waals surface area contributed by atoms with E-state index in [1.54, 1.807) is 0 Å². The minimum atomic E-state index is -0.132. The number of halogens is 1. The van der Waals surface area contributed by atoms with Gasteiger partial charge in [-0.15, -0.1) is 0 Å². The van der Waals surface area contributed by atoms with E-state index in [4.69, 9.17) is 4.74 Å². The molecule has 13 heavy (non-hydrogen) atoms. The van der Waals surface area contributed by atoms with Crippen LogP contribution in [0.2, 0.25) is 0 Å². The summed E-state index contributed by atoms with van der Waals surface area (Å²) in [7, 11) is 0. The van der Waals surface area contributed by atoms with E-state index in [-0.39, 0.29) is 12.1 Å². The minimum absolute atomic E-state index is 0.132. The van der Waals surface area contributed by atoms with Gasteiger partial charge < -0.3 is 4.74 Å². The highest BCUT2D eigenvalue weighted by atomic mass is 127. The molecule has 0 spiro atoms. The Morgan fingerprint density at radius 3 is 2.46 bits per heavy atom. The van der Waals surface area contributed by atoms with Crippen molar-refractivity contribution >= 4 is 28.6 Å². The summed E-state index contributed by atoms with van der Waals surface area (Å²) in [5, 5.41) is 0. The van der Waals surface area contributed by atoms with Gasteiger partial charge in [-0.3, -0.25) is 4.79 Å². The van der Waals surface area contributed by atoms with E-state index in [1.807, 2.05) is 0 Å². The lowest BCUT2D eigenvalue weighted by atomic mass is 9.98. The Bertz CT molecular complexity index is 170. The summed E-state index contributed by atoms with van der Waals surface area (Å²) in [5.74, 6) is -0.132. The van der Waals surface area contributed by atoms with Crippen LogP contribution < -0.4 is 0 Å². The zero-order valence-electron chi connectivity index (χ0n) is 8.09.